The molecule has 1 N–H and O–H groups in total. The van der Waals surface area contributed by atoms with Gasteiger partial charge >= 0.3 is 0 Å². The predicted molar refractivity (Wildman–Crippen MR) is 83.8 cm³/mol. The summed E-state index contributed by atoms with van der Waals surface area (Å²) in [6, 6.07) is 11.1. The fraction of sp³-hybridized carbons (Fsp3) is 0.562. The van der Waals surface area contributed by atoms with Gasteiger partial charge in [0.2, 0.25) is 0 Å². The summed E-state index contributed by atoms with van der Waals surface area (Å²) in [5.74, 6) is 1.95. The van der Waals surface area contributed by atoms with Crippen LogP contribution in [-0.2, 0) is 6.42 Å². The van der Waals surface area contributed by atoms with Crippen molar-refractivity contribution in [3.63, 3.8) is 0 Å². The van der Waals surface area contributed by atoms with E-state index in [1.165, 1.54) is 18.4 Å². The van der Waals surface area contributed by atoms with Crippen LogP contribution in [0.3, 0.4) is 0 Å². The standard InChI is InChI=1S/C16H22N2S/c1-16(2,13-8-9-13)18-15-17-14(11-19-15)10-12-6-4-3-5-7-12/h3-7,13-14H,8-11H2,1-2H3,(H,17,18). The van der Waals surface area contributed by atoms with Crippen molar-refractivity contribution in [3.05, 3.63) is 35.9 Å². The highest BCUT2D eigenvalue weighted by Crippen LogP contribution is 2.39. The molecule has 0 amide bonds. The van der Waals surface area contributed by atoms with Gasteiger partial charge in [0.05, 0.1) is 6.04 Å². The summed E-state index contributed by atoms with van der Waals surface area (Å²) in [6.07, 6.45) is 3.79. The van der Waals surface area contributed by atoms with Crippen molar-refractivity contribution in [2.45, 2.75) is 44.7 Å². The van der Waals surface area contributed by atoms with E-state index in [0.717, 1.165) is 23.3 Å². The lowest BCUT2D eigenvalue weighted by molar-refractivity contribution is 0.404. The minimum absolute atomic E-state index is 0.216. The number of aliphatic imine (C=N–C) groups is 1. The SMILES string of the molecule is CC(C)(NC1=NC(Cc2ccccc2)CS1)C1CC1. The molecule has 0 spiro atoms. The number of amidine groups is 1. The van der Waals surface area contributed by atoms with Crippen molar-refractivity contribution in [3.8, 4) is 0 Å². The summed E-state index contributed by atoms with van der Waals surface area (Å²) in [5, 5.41) is 4.80. The molecule has 0 saturated heterocycles. The Morgan fingerprint density at radius 3 is 2.68 bits per heavy atom. The molecule has 3 rings (SSSR count). The van der Waals surface area contributed by atoms with Crippen molar-refractivity contribution in [1.82, 2.24) is 5.32 Å². The molecule has 19 heavy (non-hydrogen) atoms. The van der Waals surface area contributed by atoms with E-state index in [-0.39, 0.29) is 5.54 Å². The molecular weight excluding hydrogens is 252 g/mol. The first-order valence-electron chi connectivity index (χ1n) is 7.16. The van der Waals surface area contributed by atoms with E-state index in [9.17, 15) is 0 Å². The molecular formula is C16H22N2S. The van der Waals surface area contributed by atoms with E-state index >= 15 is 0 Å². The Morgan fingerprint density at radius 2 is 2.00 bits per heavy atom. The highest BCUT2D eigenvalue weighted by atomic mass is 32.2. The minimum atomic E-state index is 0.216. The van der Waals surface area contributed by atoms with Crippen LogP contribution in [0.4, 0.5) is 0 Å². The zero-order valence-corrected chi connectivity index (χ0v) is 12.5. The maximum Gasteiger partial charge on any atom is 0.157 e. The van der Waals surface area contributed by atoms with Gasteiger partial charge in [-0.15, -0.1) is 0 Å². The second kappa shape index (κ2) is 5.20. The quantitative estimate of drug-likeness (QED) is 0.909. The van der Waals surface area contributed by atoms with E-state index in [0.29, 0.717) is 6.04 Å². The van der Waals surface area contributed by atoms with Crippen LogP contribution in [0.1, 0.15) is 32.3 Å². The highest BCUT2D eigenvalue weighted by molar-refractivity contribution is 8.14. The van der Waals surface area contributed by atoms with Crippen LogP contribution in [0.15, 0.2) is 35.3 Å². The lowest BCUT2D eigenvalue weighted by atomic mass is 9.99. The number of rotatable bonds is 4. The minimum Gasteiger partial charge on any atom is -0.360 e. The molecule has 2 nitrogen and oxygen atoms in total. The first-order valence-corrected chi connectivity index (χ1v) is 8.15. The van der Waals surface area contributed by atoms with E-state index < -0.39 is 0 Å². The molecule has 1 unspecified atom stereocenters. The van der Waals surface area contributed by atoms with Crippen molar-refractivity contribution < 1.29 is 0 Å². The van der Waals surface area contributed by atoms with Crippen LogP contribution in [0.5, 0.6) is 0 Å². The maximum absolute atomic E-state index is 4.85. The molecule has 102 valence electrons. The van der Waals surface area contributed by atoms with E-state index in [1.54, 1.807) is 0 Å². The molecule has 3 heteroatoms. The Bertz CT molecular complexity index is 463. The number of thioether (sulfide) groups is 1. The molecule has 1 atom stereocenters. The largest absolute Gasteiger partial charge is 0.360 e. The van der Waals surface area contributed by atoms with Crippen LogP contribution < -0.4 is 5.32 Å². The number of hydrogen-bond acceptors (Lipinski definition) is 3. The molecule has 1 aromatic rings. The second-order valence-corrected chi connectivity index (χ2v) is 7.22. The lowest BCUT2D eigenvalue weighted by Gasteiger charge is -2.26. The molecule has 0 aromatic heterocycles. The predicted octanol–water partition coefficient (Wildman–Crippen LogP) is 3.48. The normalized spacial score (nSPS) is 23.3. The van der Waals surface area contributed by atoms with Crippen LogP contribution >= 0.6 is 11.8 Å². The third-order valence-corrected chi connectivity index (χ3v) is 5.09. The zero-order chi connectivity index (χ0) is 13.3. The average Bonchev–Trinajstić information content (AvgIpc) is 3.16. The Kier molecular flexibility index (Phi) is 3.57. The molecule has 1 saturated carbocycles. The summed E-state index contributed by atoms with van der Waals surface area (Å²) in [6.45, 7) is 4.61. The van der Waals surface area contributed by atoms with Crippen LogP contribution in [-0.4, -0.2) is 22.5 Å². The summed E-state index contributed by atoms with van der Waals surface area (Å²) in [5.41, 5.74) is 1.60. The van der Waals surface area contributed by atoms with Gasteiger partial charge in [0.1, 0.15) is 0 Å². The van der Waals surface area contributed by atoms with Gasteiger partial charge < -0.3 is 5.32 Å². The van der Waals surface area contributed by atoms with Crippen molar-refractivity contribution in [1.29, 1.82) is 0 Å². The monoisotopic (exact) mass is 274 g/mol. The third kappa shape index (κ3) is 3.33. The Morgan fingerprint density at radius 1 is 1.26 bits per heavy atom. The smallest absolute Gasteiger partial charge is 0.157 e. The average molecular weight is 274 g/mol. The van der Waals surface area contributed by atoms with E-state index in [4.69, 9.17) is 4.99 Å². The first kappa shape index (κ1) is 13.0. The van der Waals surface area contributed by atoms with Gasteiger partial charge in [-0.25, -0.2) is 0 Å². The molecule has 0 bridgehead atoms. The topological polar surface area (TPSA) is 24.4 Å². The molecule has 1 aromatic carbocycles. The zero-order valence-electron chi connectivity index (χ0n) is 11.7. The van der Waals surface area contributed by atoms with E-state index in [2.05, 4.69) is 49.5 Å². The van der Waals surface area contributed by atoms with Crippen LogP contribution in [0.2, 0.25) is 0 Å². The Hall–Kier alpha value is -0.960. The molecule has 1 fully saturated rings. The number of nitrogens with zero attached hydrogens (tertiary/aromatic N) is 1. The fourth-order valence-electron chi connectivity index (χ4n) is 2.66. The van der Waals surface area contributed by atoms with Gasteiger partial charge in [0.25, 0.3) is 0 Å². The number of benzene rings is 1. The fourth-order valence-corrected chi connectivity index (χ4v) is 3.76. The molecule has 0 radical (unpaired) electrons. The van der Waals surface area contributed by atoms with Crippen molar-refractivity contribution in [2.24, 2.45) is 10.9 Å². The first-order chi connectivity index (χ1) is 9.13. The van der Waals surface area contributed by atoms with Gasteiger partial charge in [-0.2, -0.15) is 0 Å². The van der Waals surface area contributed by atoms with Gasteiger partial charge in [-0.1, -0.05) is 42.1 Å². The van der Waals surface area contributed by atoms with Gasteiger partial charge in [0, 0.05) is 11.3 Å². The van der Waals surface area contributed by atoms with Crippen LogP contribution in [0.25, 0.3) is 0 Å². The summed E-state index contributed by atoms with van der Waals surface area (Å²) in [4.78, 5) is 4.85. The molecule has 1 aliphatic heterocycles. The molecule has 1 heterocycles. The summed E-state index contributed by atoms with van der Waals surface area (Å²) in [7, 11) is 0. The molecule has 1 aliphatic carbocycles. The van der Waals surface area contributed by atoms with Gasteiger partial charge in [0.15, 0.2) is 5.17 Å². The summed E-state index contributed by atoms with van der Waals surface area (Å²) < 4.78 is 0. The van der Waals surface area contributed by atoms with Gasteiger partial charge in [-0.3, -0.25) is 4.99 Å². The second-order valence-electron chi connectivity index (χ2n) is 6.21. The van der Waals surface area contributed by atoms with Crippen molar-refractivity contribution in [2.75, 3.05) is 5.75 Å². The van der Waals surface area contributed by atoms with Crippen LogP contribution in [0, 0.1) is 5.92 Å². The highest BCUT2D eigenvalue weighted by Gasteiger charge is 2.39. The molecule has 2 aliphatic rings. The lowest BCUT2D eigenvalue weighted by Crippen LogP contribution is -2.43. The number of nitrogens with one attached hydrogen (secondary N) is 1. The maximum atomic E-state index is 4.85. The third-order valence-electron chi connectivity index (χ3n) is 4.05. The Labute approximate surface area is 120 Å². The van der Waals surface area contributed by atoms with Crippen molar-refractivity contribution >= 4 is 16.9 Å². The Balaban J connectivity index is 1.58. The number of hydrogen-bond donors (Lipinski definition) is 1. The van der Waals surface area contributed by atoms with Gasteiger partial charge in [-0.05, 0) is 44.6 Å². The van der Waals surface area contributed by atoms with E-state index in [1.807, 2.05) is 11.8 Å². The summed E-state index contributed by atoms with van der Waals surface area (Å²) >= 11 is 1.88.